The molecule has 1 N–H and O–H groups in total. The van der Waals surface area contributed by atoms with Crippen molar-refractivity contribution in [1.29, 1.82) is 0 Å². The van der Waals surface area contributed by atoms with E-state index in [1.807, 2.05) is 0 Å². The molecule has 0 aliphatic heterocycles. The molecule has 1 fully saturated rings. The highest BCUT2D eigenvalue weighted by Gasteiger charge is 2.23. The van der Waals surface area contributed by atoms with Gasteiger partial charge in [0.25, 0.3) is 0 Å². The number of carboxylic acids is 1. The first-order valence-electron chi connectivity index (χ1n) is 4.92. The van der Waals surface area contributed by atoms with Crippen LogP contribution in [-0.4, -0.2) is 16.2 Å². The van der Waals surface area contributed by atoms with Gasteiger partial charge in [-0.25, -0.2) is 0 Å². The van der Waals surface area contributed by atoms with Crippen molar-refractivity contribution in [2.24, 2.45) is 0 Å². The molecule has 1 aromatic rings. The van der Waals surface area contributed by atoms with Gasteiger partial charge in [0.2, 0.25) is 0 Å². The lowest BCUT2D eigenvalue weighted by Gasteiger charge is -2.05. The van der Waals surface area contributed by atoms with Gasteiger partial charge >= 0.3 is 5.97 Å². The molecule has 0 bridgehead atoms. The lowest BCUT2D eigenvalue weighted by atomic mass is 9.97. The first-order valence-corrected chi connectivity index (χ1v) is 4.92. The normalized spacial score (nSPS) is 17.4. The molecule has 1 aliphatic rings. The molecule has 0 amide bonds. The largest absolute Gasteiger partial charge is 0.481 e. The maximum atomic E-state index is 10.6. The summed E-state index contributed by atoms with van der Waals surface area (Å²) in [6.07, 6.45) is 6.29. The third kappa shape index (κ3) is 1.78. The van der Waals surface area contributed by atoms with Crippen LogP contribution in [0.2, 0.25) is 0 Å². The summed E-state index contributed by atoms with van der Waals surface area (Å²) in [5, 5.41) is 12.4. The van der Waals surface area contributed by atoms with Gasteiger partial charge < -0.3 is 9.63 Å². The summed E-state index contributed by atoms with van der Waals surface area (Å²) < 4.78 is 4.85. The van der Waals surface area contributed by atoms with Crippen LogP contribution in [0.25, 0.3) is 0 Å². The van der Waals surface area contributed by atoms with Crippen LogP contribution < -0.4 is 0 Å². The van der Waals surface area contributed by atoms with Crippen LogP contribution >= 0.6 is 0 Å². The van der Waals surface area contributed by atoms with E-state index in [0.29, 0.717) is 11.6 Å². The van der Waals surface area contributed by atoms with Gasteiger partial charge in [0, 0.05) is 5.56 Å². The molecule has 0 aromatic carbocycles. The number of aliphatic carboxylic acids is 1. The molecule has 4 nitrogen and oxygen atoms in total. The number of carbonyl (C=O) groups is 1. The van der Waals surface area contributed by atoms with Gasteiger partial charge in [-0.3, -0.25) is 4.79 Å². The van der Waals surface area contributed by atoms with Crippen LogP contribution in [0.3, 0.4) is 0 Å². The van der Waals surface area contributed by atoms with Gasteiger partial charge in [-0.05, 0) is 18.8 Å². The Morgan fingerprint density at radius 1 is 1.57 bits per heavy atom. The van der Waals surface area contributed by atoms with Crippen molar-refractivity contribution in [3.63, 3.8) is 0 Å². The molecule has 0 unspecified atom stereocenters. The smallest absolute Gasteiger partial charge is 0.309 e. The third-order valence-corrected chi connectivity index (χ3v) is 2.79. The minimum absolute atomic E-state index is 0.0255. The summed E-state index contributed by atoms with van der Waals surface area (Å²) in [6, 6.07) is 0. The van der Waals surface area contributed by atoms with Crippen LogP contribution in [-0.2, 0) is 11.2 Å². The number of aromatic nitrogens is 1. The quantitative estimate of drug-likeness (QED) is 0.800. The van der Waals surface area contributed by atoms with E-state index in [0.717, 1.165) is 18.4 Å². The highest BCUT2D eigenvalue weighted by Crippen LogP contribution is 2.35. The Bertz CT molecular complexity index is 326. The number of hydrogen-bond acceptors (Lipinski definition) is 3. The van der Waals surface area contributed by atoms with E-state index in [1.165, 1.54) is 12.8 Å². The number of nitrogens with zero attached hydrogens (tertiary/aromatic N) is 1. The van der Waals surface area contributed by atoms with Crippen molar-refractivity contribution in [3.8, 4) is 0 Å². The van der Waals surface area contributed by atoms with Crippen LogP contribution in [0, 0.1) is 0 Å². The fraction of sp³-hybridized carbons (Fsp3) is 0.600. The zero-order valence-electron chi connectivity index (χ0n) is 7.90. The second-order valence-electron chi connectivity index (χ2n) is 3.77. The van der Waals surface area contributed by atoms with Gasteiger partial charge in [0.15, 0.2) is 0 Å². The molecule has 0 radical (unpaired) electrons. The summed E-state index contributed by atoms with van der Waals surface area (Å²) in [4.78, 5) is 10.6. The fourth-order valence-electron chi connectivity index (χ4n) is 2.11. The van der Waals surface area contributed by atoms with Crippen LogP contribution in [0.4, 0.5) is 0 Å². The van der Waals surface area contributed by atoms with Gasteiger partial charge in [0.1, 0.15) is 6.26 Å². The Balaban J connectivity index is 2.15. The molecule has 1 aromatic heterocycles. The van der Waals surface area contributed by atoms with Gasteiger partial charge in [-0.2, -0.15) is 0 Å². The Morgan fingerprint density at radius 2 is 2.29 bits per heavy atom. The van der Waals surface area contributed by atoms with Crippen molar-refractivity contribution >= 4 is 5.97 Å². The molecule has 1 saturated carbocycles. The summed E-state index contributed by atoms with van der Waals surface area (Å²) >= 11 is 0. The predicted molar refractivity (Wildman–Crippen MR) is 49.1 cm³/mol. The minimum atomic E-state index is -0.849. The monoisotopic (exact) mass is 195 g/mol. The summed E-state index contributed by atoms with van der Waals surface area (Å²) in [6.45, 7) is 0. The molecule has 1 heterocycles. The molecule has 0 saturated heterocycles. The summed E-state index contributed by atoms with van der Waals surface area (Å²) in [5.74, 6) is -0.381. The molecule has 4 heteroatoms. The molecule has 14 heavy (non-hydrogen) atoms. The molecular formula is C10H13NO3. The standard InChI is InChI=1S/C10H13NO3/c12-10(13)5-9-8(6-14-11-9)7-3-1-2-4-7/h6-7H,1-5H2,(H,12,13). The van der Waals surface area contributed by atoms with E-state index in [9.17, 15) is 4.79 Å². The number of hydrogen-bond donors (Lipinski definition) is 1. The number of carboxylic acid groups (broad SMARTS) is 1. The minimum Gasteiger partial charge on any atom is -0.481 e. The van der Waals surface area contributed by atoms with Crippen LogP contribution in [0.5, 0.6) is 0 Å². The zero-order chi connectivity index (χ0) is 9.97. The third-order valence-electron chi connectivity index (χ3n) is 2.79. The Hall–Kier alpha value is -1.32. The second-order valence-corrected chi connectivity index (χ2v) is 3.77. The van der Waals surface area contributed by atoms with E-state index < -0.39 is 5.97 Å². The van der Waals surface area contributed by atoms with E-state index >= 15 is 0 Å². The second kappa shape index (κ2) is 3.82. The van der Waals surface area contributed by atoms with Crippen molar-refractivity contribution in [2.45, 2.75) is 38.0 Å². The van der Waals surface area contributed by atoms with Crippen molar-refractivity contribution in [1.82, 2.24) is 5.16 Å². The van der Waals surface area contributed by atoms with Crippen LogP contribution in [0.1, 0.15) is 42.9 Å². The Kier molecular flexibility index (Phi) is 2.52. The van der Waals surface area contributed by atoms with Crippen molar-refractivity contribution in [3.05, 3.63) is 17.5 Å². The molecule has 0 atom stereocenters. The van der Waals surface area contributed by atoms with E-state index in [4.69, 9.17) is 9.63 Å². The van der Waals surface area contributed by atoms with E-state index in [2.05, 4.69) is 5.16 Å². The van der Waals surface area contributed by atoms with Gasteiger partial charge in [-0.15, -0.1) is 0 Å². The van der Waals surface area contributed by atoms with E-state index in [-0.39, 0.29) is 6.42 Å². The maximum Gasteiger partial charge on any atom is 0.309 e. The Labute approximate surface area is 81.9 Å². The topological polar surface area (TPSA) is 63.3 Å². The summed E-state index contributed by atoms with van der Waals surface area (Å²) in [7, 11) is 0. The SMILES string of the molecule is O=C(O)Cc1nocc1C1CCCC1. The van der Waals surface area contributed by atoms with Crippen molar-refractivity contribution in [2.75, 3.05) is 0 Å². The fourth-order valence-corrected chi connectivity index (χ4v) is 2.11. The maximum absolute atomic E-state index is 10.6. The first-order chi connectivity index (χ1) is 6.77. The van der Waals surface area contributed by atoms with Gasteiger partial charge in [0.05, 0.1) is 12.1 Å². The van der Waals surface area contributed by atoms with Crippen molar-refractivity contribution < 1.29 is 14.4 Å². The molecular weight excluding hydrogens is 182 g/mol. The lowest BCUT2D eigenvalue weighted by Crippen LogP contribution is -2.04. The zero-order valence-corrected chi connectivity index (χ0v) is 7.90. The Morgan fingerprint density at radius 3 is 2.93 bits per heavy atom. The lowest BCUT2D eigenvalue weighted by molar-refractivity contribution is -0.136. The molecule has 2 rings (SSSR count). The highest BCUT2D eigenvalue weighted by molar-refractivity contribution is 5.70. The molecule has 1 aliphatic carbocycles. The summed E-state index contributed by atoms with van der Waals surface area (Å²) in [5.41, 5.74) is 1.61. The van der Waals surface area contributed by atoms with Crippen LogP contribution in [0.15, 0.2) is 10.8 Å². The molecule has 76 valence electrons. The average molecular weight is 195 g/mol. The first kappa shape index (κ1) is 9.24. The predicted octanol–water partition coefficient (Wildman–Crippen LogP) is 1.96. The highest BCUT2D eigenvalue weighted by atomic mass is 16.5. The average Bonchev–Trinajstić information content (AvgIpc) is 2.70. The molecule has 0 spiro atoms. The van der Waals surface area contributed by atoms with Gasteiger partial charge in [-0.1, -0.05) is 18.0 Å². The van der Waals surface area contributed by atoms with E-state index in [1.54, 1.807) is 6.26 Å². The number of rotatable bonds is 3.